The summed E-state index contributed by atoms with van der Waals surface area (Å²) in [5.41, 5.74) is 5.88. The van der Waals surface area contributed by atoms with E-state index in [0.717, 1.165) is 18.5 Å². The molecule has 0 spiro atoms. The molecule has 11 heavy (non-hydrogen) atoms. The normalized spacial score (nSPS) is 32.5. The Bertz CT molecular complexity index is 123. The second-order valence-electron chi connectivity index (χ2n) is 4.14. The van der Waals surface area contributed by atoms with Crippen LogP contribution >= 0.6 is 0 Å². The quantitative estimate of drug-likeness (QED) is 0.636. The van der Waals surface area contributed by atoms with Crippen LogP contribution in [0.5, 0.6) is 0 Å². The molecule has 0 heterocycles. The van der Waals surface area contributed by atoms with E-state index < -0.39 is 0 Å². The zero-order chi connectivity index (χ0) is 8.43. The molecule has 2 nitrogen and oxygen atoms in total. The van der Waals surface area contributed by atoms with E-state index >= 15 is 0 Å². The van der Waals surface area contributed by atoms with Gasteiger partial charge in [-0.2, -0.15) is 0 Å². The highest BCUT2D eigenvalue weighted by Gasteiger charge is 2.32. The van der Waals surface area contributed by atoms with Crippen molar-refractivity contribution in [1.29, 1.82) is 0 Å². The van der Waals surface area contributed by atoms with Gasteiger partial charge in [-0.3, -0.25) is 0 Å². The van der Waals surface area contributed by atoms with Crippen molar-refractivity contribution in [3.63, 3.8) is 0 Å². The van der Waals surface area contributed by atoms with Gasteiger partial charge in [0.25, 0.3) is 0 Å². The van der Waals surface area contributed by atoms with E-state index in [4.69, 9.17) is 5.73 Å². The lowest BCUT2D eigenvalue weighted by atomic mass is 10.1. The maximum absolute atomic E-state index is 5.88. The Morgan fingerprint density at radius 1 is 1.55 bits per heavy atom. The first-order valence-electron chi connectivity index (χ1n) is 4.60. The molecule has 1 fully saturated rings. The first-order valence-corrected chi connectivity index (χ1v) is 4.60. The summed E-state index contributed by atoms with van der Waals surface area (Å²) in [6.07, 6.45) is 1.34. The molecule has 0 bridgehead atoms. The lowest BCUT2D eigenvalue weighted by molar-refractivity contribution is 0.453. The van der Waals surface area contributed by atoms with Gasteiger partial charge in [-0.25, -0.2) is 0 Å². The fraction of sp³-hybridized carbons (Fsp3) is 1.00. The molecule has 0 aromatic rings. The van der Waals surface area contributed by atoms with Crippen molar-refractivity contribution in [3.05, 3.63) is 0 Å². The number of nitrogens with one attached hydrogen (secondary N) is 1. The van der Waals surface area contributed by atoms with Crippen LogP contribution in [-0.4, -0.2) is 18.6 Å². The molecular weight excluding hydrogens is 136 g/mol. The summed E-state index contributed by atoms with van der Waals surface area (Å²) < 4.78 is 0. The number of hydrogen-bond acceptors (Lipinski definition) is 2. The Kier molecular flexibility index (Phi) is 2.90. The van der Waals surface area contributed by atoms with Crippen LogP contribution in [0.2, 0.25) is 0 Å². The fourth-order valence-electron chi connectivity index (χ4n) is 1.13. The van der Waals surface area contributed by atoms with Gasteiger partial charge in [-0.1, -0.05) is 20.8 Å². The second kappa shape index (κ2) is 3.55. The lowest BCUT2D eigenvalue weighted by Gasteiger charge is -2.15. The molecule has 0 radical (unpaired) electrons. The van der Waals surface area contributed by atoms with Gasteiger partial charge < -0.3 is 11.1 Å². The van der Waals surface area contributed by atoms with Gasteiger partial charge in [-0.15, -0.1) is 0 Å². The van der Waals surface area contributed by atoms with Gasteiger partial charge in [-0.05, 0) is 18.3 Å². The molecule has 0 aromatic heterocycles. The average molecular weight is 156 g/mol. The minimum absolute atomic E-state index is 0.322. The van der Waals surface area contributed by atoms with E-state index in [1.54, 1.807) is 0 Å². The van der Waals surface area contributed by atoms with Crippen LogP contribution < -0.4 is 11.1 Å². The van der Waals surface area contributed by atoms with Crippen molar-refractivity contribution in [2.75, 3.05) is 6.54 Å². The van der Waals surface area contributed by atoms with Crippen LogP contribution in [0.1, 0.15) is 27.2 Å². The third kappa shape index (κ3) is 2.80. The Labute approximate surface area is 69.5 Å². The van der Waals surface area contributed by atoms with E-state index in [1.165, 1.54) is 6.42 Å². The zero-order valence-electron chi connectivity index (χ0n) is 7.80. The second-order valence-corrected chi connectivity index (χ2v) is 4.14. The van der Waals surface area contributed by atoms with Crippen LogP contribution in [0.25, 0.3) is 0 Å². The van der Waals surface area contributed by atoms with Gasteiger partial charge in [0.2, 0.25) is 0 Å². The van der Waals surface area contributed by atoms with Crippen LogP contribution in [0.4, 0.5) is 0 Å². The van der Waals surface area contributed by atoms with Crippen LogP contribution in [0, 0.1) is 11.8 Å². The fourth-order valence-corrected chi connectivity index (χ4v) is 1.13. The van der Waals surface area contributed by atoms with E-state index in [1.807, 2.05) is 0 Å². The SMILES string of the molecule is CC(C)C(N)CNC1CC1C. The molecule has 1 saturated carbocycles. The lowest BCUT2D eigenvalue weighted by Crippen LogP contribution is -2.39. The van der Waals surface area contributed by atoms with Crippen molar-refractivity contribution in [3.8, 4) is 0 Å². The minimum atomic E-state index is 0.322. The first kappa shape index (κ1) is 9.01. The Hall–Kier alpha value is -0.0800. The molecule has 3 atom stereocenters. The summed E-state index contributed by atoms with van der Waals surface area (Å²) in [5, 5.41) is 3.46. The number of hydrogen-bond donors (Lipinski definition) is 2. The summed E-state index contributed by atoms with van der Waals surface area (Å²) in [6.45, 7) is 7.59. The molecule has 0 aromatic carbocycles. The van der Waals surface area contributed by atoms with Crippen LogP contribution in [0.15, 0.2) is 0 Å². The van der Waals surface area contributed by atoms with Crippen molar-refractivity contribution >= 4 is 0 Å². The third-order valence-electron chi connectivity index (χ3n) is 2.58. The van der Waals surface area contributed by atoms with Crippen LogP contribution in [0.3, 0.4) is 0 Å². The van der Waals surface area contributed by atoms with Crippen molar-refractivity contribution in [2.45, 2.75) is 39.3 Å². The third-order valence-corrected chi connectivity index (χ3v) is 2.58. The van der Waals surface area contributed by atoms with Gasteiger partial charge in [0.05, 0.1) is 0 Å². The van der Waals surface area contributed by atoms with E-state index in [-0.39, 0.29) is 0 Å². The van der Waals surface area contributed by atoms with Gasteiger partial charge >= 0.3 is 0 Å². The Morgan fingerprint density at radius 2 is 2.09 bits per heavy atom. The van der Waals surface area contributed by atoms with Gasteiger partial charge in [0.15, 0.2) is 0 Å². The van der Waals surface area contributed by atoms with E-state index in [2.05, 4.69) is 26.1 Å². The van der Waals surface area contributed by atoms with Crippen molar-refractivity contribution in [1.82, 2.24) is 5.32 Å². The summed E-state index contributed by atoms with van der Waals surface area (Å²) >= 11 is 0. The molecule has 66 valence electrons. The molecule has 1 rings (SSSR count). The minimum Gasteiger partial charge on any atom is -0.326 e. The monoisotopic (exact) mass is 156 g/mol. The number of rotatable bonds is 4. The highest BCUT2D eigenvalue weighted by molar-refractivity contribution is 4.90. The highest BCUT2D eigenvalue weighted by atomic mass is 15.0. The summed E-state index contributed by atoms with van der Waals surface area (Å²) in [5.74, 6) is 1.48. The summed E-state index contributed by atoms with van der Waals surface area (Å²) in [6, 6.07) is 1.09. The molecule has 1 aliphatic rings. The van der Waals surface area contributed by atoms with E-state index in [9.17, 15) is 0 Å². The topological polar surface area (TPSA) is 38.0 Å². The van der Waals surface area contributed by atoms with Gasteiger partial charge in [0.1, 0.15) is 0 Å². The standard InChI is InChI=1S/C9H20N2/c1-6(2)8(10)5-11-9-4-7(9)3/h6-9,11H,4-5,10H2,1-3H3. The molecule has 2 heteroatoms. The first-order chi connectivity index (χ1) is 5.11. The summed E-state index contributed by atoms with van der Waals surface area (Å²) in [7, 11) is 0. The maximum Gasteiger partial charge on any atom is 0.0188 e. The largest absolute Gasteiger partial charge is 0.326 e. The predicted molar refractivity (Wildman–Crippen MR) is 48.4 cm³/mol. The highest BCUT2D eigenvalue weighted by Crippen LogP contribution is 2.28. The molecule has 0 aliphatic heterocycles. The molecule has 0 saturated heterocycles. The molecular formula is C9H20N2. The van der Waals surface area contributed by atoms with Crippen molar-refractivity contribution in [2.24, 2.45) is 17.6 Å². The average Bonchev–Trinajstić information content (AvgIpc) is 2.61. The van der Waals surface area contributed by atoms with Crippen LogP contribution in [-0.2, 0) is 0 Å². The smallest absolute Gasteiger partial charge is 0.0188 e. The van der Waals surface area contributed by atoms with E-state index in [0.29, 0.717) is 12.0 Å². The number of nitrogens with two attached hydrogens (primary N) is 1. The zero-order valence-corrected chi connectivity index (χ0v) is 7.80. The maximum atomic E-state index is 5.88. The molecule has 0 amide bonds. The molecule has 1 aliphatic carbocycles. The Morgan fingerprint density at radius 3 is 2.45 bits per heavy atom. The van der Waals surface area contributed by atoms with Gasteiger partial charge in [0, 0.05) is 18.6 Å². The summed E-state index contributed by atoms with van der Waals surface area (Å²) in [4.78, 5) is 0. The molecule has 3 unspecified atom stereocenters. The van der Waals surface area contributed by atoms with Crippen molar-refractivity contribution < 1.29 is 0 Å². The Balaban J connectivity index is 2.03. The molecule has 3 N–H and O–H groups in total. The predicted octanol–water partition coefficient (Wildman–Crippen LogP) is 0.968.